The molecule has 0 nitrogen and oxygen atoms in total. The molecule has 3 aliphatic carbocycles. The van der Waals surface area contributed by atoms with E-state index < -0.39 is 0 Å². The highest BCUT2D eigenvalue weighted by molar-refractivity contribution is 6.29. The molecule has 0 fully saturated rings. The van der Waals surface area contributed by atoms with Gasteiger partial charge in [-0.05, 0) is 161 Å². The number of aryl methyl sites for hydroxylation is 2. The molecule has 0 amide bonds. The van der Waals surface area contributed by atoms with Crippen LogP contribution >= 0.6 is 0 Å². The van der Waals surface area contributed by atoms with Crippen molar-refractivity contribution < 1.29 is 0 Å². The summed E-state index contributed by atoms with van der Waals surface area (Å²) < 4.78 is 0. The van der Waals surface area contributed by atoms with Gasteiger partial charge in [-0.2, -0.15) is 0 Å². The molecule has 14 aromatic rings. The van der Waals surface area contributed by atoms with Crippen molar-refractivity contribution in [2.45, 2.75) is 12.8 Å². The Bertz CT molecular complexity index is 4200. The summed E-state index contributed by atoms with van der Waals surface area (Å²) in [6.45, 7) is 0. The molecule has 0 unspecified atom stereocenters. The van der Waals surface area contributed by atoms with E-state index in [1.807, 2.05) is 6.07 Å². The summed E-state index contributed by atoms with van der Waals surface area (Å²) in [5.74, 6) is 0. The fourth-order valence-corrected chi connectivity index (χ4v) is 11.4. The molecule has 3 aliphatic rings. The van der Waals surface area contributed by atoms with Gasteiger partial charge in [0.05, 0.1) is 0 Å². The molecule has 0 saturated carbocycles. The molecule has 338 valence electrons. The molecule has 0 atom stereocenters. The minimum Gasteiger partial charge on any atom is -0.0622 e. The van der Waals surface area contributed by atoms with E-state index in [1.165, 1.54) is 143 Å². The highest BCUT2D eigenvalue weighted by Crippen LogP contribution is 2.39. The maximum Gasteiger partial charge on any atom is -0.00204 e. The fourth-order valence-electron chi connectivity index (χ4n) is 11.4. The molecule has 0 N–H and O–H groups in total. The Morgan fingerprint density at radius 1 is 0.167 bits per heavy atom. The van der Waals surface area contributed by atoms with Crippen LogP contribution in [0.25, 0.3) is 119 Å². The van der Waals surface area contributed by atoms with Gasteiger partial charge in [0.1, 0.15) is 0 Å². The lowest BCUT2D eigenvalue weighted by Gasteiger charge is -2.12. The van der Waals surface area contributed by atoms with E-state index in [9.17, 15) is 0 Å². The Kier molecular flexibility index (Phi) is 11.1. The summed E-state index contributed by atoms with van der Waals surface area (Å²) in [6, 6.07) is 99.7. The molecule has 0 aromatic heterocycles. The summed E-state index contributed by atoms with van der Waals surface area (Å²) in [7, 11) is 0. The number of rotatable bonds is 0. The summed E-state index contributed by atoms with van der Waals surface area (Å²) in [6.07, 6.45) is 2.47. The predicted molar refractivity (Wildman–Crippen MR) is 314 cm³/mol. The van der Waals surface area contributed by atoms with Gasteiger partial charge >= 0.3 is 0 Å². The van der Waals surface area contributed by atoms with Gasteiger partial charge in [0.25, 0.3) is 0 Å². The molecule has 0 aliphatic heterocycles. The molecule has 0 heterocycles. The lowest BCUT2D eigenvalue weighted by molar-refractivity contribution is 1.02. The molecular weight excluding hydrogens is 865 g/mol. The summed E-state index contributed by atoms with van der Waals surface area (Å²) in [5, 5.41) is 27.1. The molecule has 72 heavy (non-hydrogen) atoms. The third-order valence-corrected chi connectivity index (χ3v) is 14.8. The standard InChI is InChI=1S/C20H12.C16H10.C14H10.C12H10.C10H8/c1-2-7-17-15(4-1)12-16-9-8-13-5-3-6-14-10-11-18(17)20(16)19(13)14;1-3-11-7-9-13-5-2-6-14-10-8-12(4-1)15(11)16(13)14;1-2-6-12-10-14-8-4-3-7-13(14)9-11(12)5-1;1-3-9-4-2-6-11-8-7-10(5-1)12(9)11;1-2-5-9-7-4-8-10(9)6-3-1/h1-12H;1-10H;1-10H;1-6H,7-8H2;1-8H. The maximum absolute atomic E-state index is 2.31. The van der Waals surface area contributed by atoms with Crippen molar-refractivity contribution >= 4 is 108 Å². The second-order valence-electron chi connectivity index (χ2n) is 19.1. The van der Waals surface area contributed by atoms with Crippen LogP contribution in [-0.4, -0.2) is 0 Å². The zero-order chi connectivity index (χ0) is 47.8. The quantitative estimate of drug-likeness (QED) is 0.105. The molecule has 0 spiro atoms. The van der Waals surface area contributed by atoms with Crippen LogP contribution < -0.4 is 0 Å². The molecule has 14 aromatic carbocycles. The van der Waals surface area contributed by atoms with E-state index in [0.29, 0.717) is 0 Å². The number of hydrogen-bond acceptors (Lipinski definition) is 0. The third kappa shape index (κ3) is 8.04. The normalized spacial score (nSPS) is 11.8. The Morgan fingerprint density at radius 3 is 0.944 bits per heavy atom. The highest BCUT2D eigenvalue weighted by atomic mass is 14.2. The number of benzene rings is 14. The molecule has 17 rings (SSSR count). The van der Waals surface area contributed by atoms with E-state index in [1.54, 1.807) is 0 Å². The van der Waals surface area contributed by atoms with Crippen molar-refractivity contribution in [1.29, 1.82) is 0 Å². The maximum atomic E-state index is 2.31. The smallest absolute Gasteiger partial charge is 0.00204 e. The average molecular weight is 915 g/mol. The van der Waals surface area contributed by atoms with E-state index in [2.05, 4.69) is 273 Å². The Labute approximate surface area is 419 Å². The molecule has 0 heteroatoms. The molecule has 0 saturated heterocycles. The van der Waals surface area contributed by atoms with Gasteiger partial charge in [-0.3, -0.25) is 0 Å². The van der Waals surface area contributed by atoms with E-state index >= 15 is 0 Å². The van der Waals surface area contributed by atoms with Crippen LogP contribution in [0.3, 0.4) is 0 Å². The highest BCUT2D eigenvalue weighted by Gasteiger charge is 2.13. The molecule has 0 bridgehead atoms. The second kappa shape index (κ2) is 18.7. The topological polar surface area (TPSA) is 0 Å². The second-order valence-corrected chi connectivity index (χ2v) is 19.1. The summed E-state index contributed by atoms with van der Waals surface area (Å²) in [4.78, 5) is 0. The van der Waals surface area contributed by atoms with Gasteiger partial charge in [0.15, 0.2) is 0 Å². The van der Waals surface area contributed by atoms with Gasteiger partial charge in [-0.25, -0.2) is 0 Å². The first-order valence-electron chi connectivity index (χ1n) is 25.2. The first-order valence-corrected chi connectivity index (χ1v) is 25.2. The lowest BCUT2D eigenvalue weighted by Crippen LogP contribution is -1.85. The number of hydrogen-bond donors (Lipinski definition) is 0. The lowest BCUT2D eigenvalue weighted by atomic mass is 9.91. The SMILES string of the molecule is c1cc2c3c(cccc3c1)CC2.c1cc2ccc3cccc4ccc(c1)c2c34.c1ccc2c(c1)cc1ccc3cccc4ccc2c1c34.c1ccc2cc3ccccc3cc2c1.c1ccc2cccc-2cc1. The van der Waals surface area contributed by atoms with Crippen molar-refractivity contribution in [3.8, 4) is 11.1 Å². The largest absolute Gasteiger partial charge is 0.0622 e. The van der Waals surface area contributed by atoms with Crippen molar-refractivity contribution in [2.75, 3.05) is 0 Å². The first kappa shape index (κ1) is 43.0. The van der Waals surface area contributed by atoms with Crippen molar-refractivity contribution in [3.63, 3.8) is 0 Å². The van der Waals surface area contributed by atoms with Gasteiger partial charge in [-0.1, -0.05) is 261 Å². The minimum atomic E-state index is 1.23. The van der Waals surface area contributed by atoms with Crippen LogP contribution in [0.4, 0.5) is 0 Å². The zero-order valence-corrected chi connectivity index (χ0v) is 40.0. The van der Waals surface area contributed by atoms with Gasteiger partial charge in [0, 0.05) is 0 Å². The van der Waals surface area contributed by atoms with Crippen LogP contribution in [0, 0.1) is 0 Å². The predicted octanol–water partition coefficient (Wildman–Crippen LogP) is 20.0. The van der Waals surface area contributed by atoms with E-state index in [4.69, 9.17) is 0 Å². The van der Waals surface area contributed by atoms with Crippen LogP contribution in [0.5, 0.6) is 0 Å². The minimum absolute atomic E-state index is 1.23. The van der Waals surface area contributed by atoms with Crippen LogP contribution in [0.1, 0.15) is 11.1 Å². The summed E-state index contributed by atoms with van der Waals surface area (Å²) >= 11 is 0. The van der Waals surface area contributed by atoms with Gasteiger partial charge in [0.2, 0.25) is 0 Å². The molecule has 0 radical (unpaired) electrons. The van der Waals surface area contributed by atoms with Crippen molar-refractivity contribution in [1.82, 2.24) is 0 Å². The first-order chi connectivity index (χ1) is 35.7. The van der Waals surface area contributed by atoms with Crippen LogP contribution in [0.2, 0.25) is 0 Å². The fraction of sp³-hybridized carbons (Fsp3) is 0.0278. The van der Waals surface area contributed by atoms with Gasteiger partial charge < -0.3 is 0 Å². The monoisotopic (exact) mass is 914 g/mol. The summed E-state index contributed by atoms with van der Waals surface area (Å²) in [5.41, 5.74) is 5.68. The average Bonchev–Trinajstić information content (AvgIpc) is 4.02. The van der Waals surface area contributed by atoms with Crippen molar-refractivity contribution in [2.24, 2.45) is 0 Å². The van der Waals surface area contributed by atoms with Gasteiger partial charge in [-0.15, -0.1) is 0 Å². The Morgan fingerprint density at radius 2 is 0.472 bits per heavy atom. The number of fused-ring (bicyclic) bond motifs is 5. The molecular formula is C72H50. The zero-order valence-electron chi connectivity index (χ0n) is 40.0. The van der Waals surface area contributed by atoms with E-state index in [0.717, 1.165) is 0 Å². The van der Waals surface area contributed by atoms with E-state index in [-0.39, 0.29) is 0 Å². The van der Waals surface area contributed by atoms with Crippen LogP contribution in [0.15, 0.2) is 279 Å². The van der Waals surface area contributed by atoms with Crippen molar-refractivity contribution in [3.05, 3.63) is 290 Å². The van der Waals surface area contributed by atoms with Crippen LogP contribution in [-0.2, 0) is 12.8 Å². The third-order valence-electron chi connectivity index (χ3n) is 14.8. The Hall–Kier alpha value is -9.10. The Balaban J connectivity index is 0.0000000892.